The predicted molar refractivity (Wildman–Crippen MR) is 115 cm³/mol. The van der Waals surface area contributed by atoms with E-state index >= 15 is 0 Å². The first-order chi connectivity index (χ1) is 13.3. The summed E-state index contributed by atoms with van der Waals surface area (Å²) >= 11 is 1.47. The van der Waals surface area contributed by atoms with Crippen molar-refractivity contribution in [3.05, 3.63) is 59.2 Å². The summed E-state index contributed by atoms with van der Waals surface area (Å²) in [5, 5.41) is 6.88. The molecule has 8 heteroatoms. The van der Waals surface area contributed by atoms with Crippen LogP contribution in [0, 0.1) is 13.8 Å². The van der Waals surface area contributed by atoms with Crippen molar-refractivity contribution in [2.24, 2.45) is 4.99 Å². The Hall–Kier alpha value is -2.32. The summed E-state index contributed by atoms with van der Waals surface area (Å²) in [4.78, 5) is 17.0. The van der Waals surface area contributed by atoms with Gasteiger partial charge in [0.15, 0.2) is 15.0 Å². The summed E-state index contributed by atoms with van der Waals surface area (Å²) < 4.78 is 23.3. The summed E-state index contributed by atoms with van der Waals surface area (Å²) in [6.45, 7) is 3.99. The van der Waals surface area contributed by atoms with Gasteiger partial charge in [-0.1, -0.05) is 17.8 Å². The lowest BCUT2D eigenvalue weighted by Gasteiger charge is -2.09. The van der Waals surface area contributed by atoms with Gasteiger partial charge >= 0.3 is 0 Å². The molecule has 0 aromatic heterocycles. The van der Waals surface area contributed by atoms with Crippen LogP contribution in [0.1, 0.15) is 21.5 Å². The Morgan fingerprint density at radius 2 is 1.71 bits per heavy atom. The molecule has 2 aliphatic heterocycles. The quantitative estimate of drug-likeness (QED) is 0.804. The molecule has 0 unspecified atom stereocenters. The molecule has 0 saturated carbocycles. The van der Waals surface area contributed by atoms with E-state index in [-0.39, 0.29) is 28.7 Å². The van der Waals surface area contributed by atoms with E-state index in [0.29, 0.717) is 5.56 Å². The van der Waals surface area contributed by atoms with Gasteiger partial charge < -0.3 is 10.6 Å². The Kier molecular flexibility index (Phi) is 4.93. The second-order valence-corrected chi connectivity index (χ2v) is 10.6. The molecule has 1 fully saturated rings. The van der Waals surface area contributed by atoms with Gasteiger partial charge in [0, 0.05) is 22.2 Å². The van der Waals surface area contributed by atoms with E-state index in [1.807, 2.05) is 38.1 Å². The molecule has 0 radical (unpaired) electrons. The average Bonchev–Trinajstić information content (AvgIpc) is 3.07. The highest BCUT2D eigenvalue weighted by Gasteiger charge is 2.42. The molecule has 146 valence electrons. The topological polar surface area (TPSA) is 87.6 Å². The smallest absolute Gasteiger partial charge is 0.255 e. The summed E-state index contributed by atoms with van der Waals surface area (Å²) in [7, 11) is -2.95. The summed E-state index contributed by atoms with van der Waals surface area (Å²) in [6.07, 6.45) is 0. The number of thioether (sulfide) groups is 1. The number of sulfone groups is 1. The van der Waals surface area contributed by atoms with Gasteiger partial charge in [-0.25, -0.2) is 8.42 Å². The van der Waals surface area contributed by atoms with E-state index in [0.717, 1.165) is 27.7 Å². The molecule has 28 heavy (non-hydrogen) atoms. The fourth-order valence-electron chi connectivity index (χ4n) is 3.49. The molecule has 0 aliphatic carbocycles. The number of hydrogen-bond donors (Lipinski definition) is 2. The molecule has 0 spiro atoms. The van der Waals surface area contributed by atoms with Crippen LogP contribution in [0.5, 0.6) is 0 Å². The van der Waals surface area contributed by atoms with Crippen LogP contribution in [-0.4, -0.2) is 42.3 Å². The van der Waals surface area contributed by atoms with Crippen LogP contribution in [0.15, 0.2) is 47.5 Å². The molecule has 2 heterocycles. The van der Waals surface area contributed by atoms with Crippen molar-refractivity contribution in [1.29, 1.82) is 0 Å². The number of hydrogen-bond acceptors (Lipinski definition) is 6. The van der Waals surface area contributed by atoms with E-state index in [4.69, 9.17) is 0 Å². The molecule has 4 rings (SSSR count). The second-order valence-electron chi connectivity index (χ2n) is 7.27. The first kappa shape index (κ1) is 19.0. The number of rotatable bonds is 3. The number of benzene rings is 2. The maximum absolute atomic E-state index is 12.5. The Balaban J connectivity index is 1.39. The Bertz CT molecular complexity index is 1040. The van der Waals surface area contributed by atoms with Gasteiger partial charge in [0.25, 0.3) is 5.91 Å². The number of aryl methyl sites for hydroxylation is 2. The highest BCUT2D eigenvalue weighted by Crippen LogP contribution is 2.34. The standard InChI is InChI=1S/C20H21N3O3S2/c1-12-7-13(2)9-16(8-12)21-19(24)14-3-5-15(6-4-14)22-20-23-17-10-28(25,26)11-18(17)27-20/h3-9,17-18H,10-11H2,1-2H3,(H,21,24)(H,22,23)/t17-,18+/m0/s1. The van der Waals surface area contributed by atoms with Gasteiger partial charge in [0.1, 0.15) is 0 Å². The number of fused-ring (bicyclic) bond motifs is 1. The maximum atomic E-state index is 12.5. The molecule has 2 atom stereocenters. The lowest BCUT2D eigenvalue weighted by atomic mass is 10.1. The zero-order chi connectivity index (χ0) is 19.9. The number of amides is 1. The third-order valence-corrected chi connectivity index (χ3v) is 7.84. The second kappa shape index (κ2) is 7.25. The SMILES string of the molecule is Cc1cc(C)cc(NC(=O)c2ccc(NC3=N[C@H]4CS(=O)(=O)C[C@H]4S3)cc2)c1. The Morgan fingerprint density at radius 1 is 1.04 bits per heavy atom. The van der Waals surface area contributed by atoms with Gasteiger partial charge in [0.05, 0.1) is 17.5 Å². The van der Waals surface area contributed by atoms with E-state index in [9.17, 15) is 13.2 Å². The van der Waals surface area contributed by atoms with Crippen LogP contribution in [0.4, 0.5) is 11.4 Å². The van der Waals surface area contributed by atoms with Crippen LogP contribution in [0.25, 0.3) is 0 Å². The third kappa shape index (κ3) is 4.23. The largest absolute Gasteiger partial charge is 0.335 e. The van der Waals surface area contributed by atoms with Crippen molar-refractivity contribution >= 4 is 44.0 Å². The van der Waals surface area contributed by atoms with Gasteiger partial charge in [0.2, 0.25) is 0 Å². The third-order valence-electron chi connectivity index (χ3n) is 4.70. The fraction of sp³-hybridized carbons (Fsp3) is 0.300. The van der Waals surface area contributed by atoms with Crippen LogP contribution in [0.2, 0.25) is 0 Å². The Morgan fingerprint density at radius 3 is 2.36 bits per heavy atom. The number of nitrogens with one attached hydrogen (secondary N) is 2. The van der Waals surface area contributed by atoms with Crippen LogP contribution < -0.4 is 10.6 Å². The number of amidine groups is 1. The minimum atomic E-state index is -2.95. The predicted octanol–water partition coefficient (Wildman–Crippen LogP) is 3.24. The van der Waals surface area contributed by atoms with E-state index < -0.39 is 9.84 Å². The van der Waals surface area contributed by atoms with Crippen LogP contribution in [-0.2, 0) is 9.84 Å². The zero-order valence-electron chi connectivity index (χ0n) is 15.6. The number of carbonyl (C=O) groups excluding carboxylic acids is 1. The number of anilines is 2. The molecular weight excluding hydrogens is 394 g/mol. The molecule has 6 nitrogen and oxygen atoms in total. The number of carbonyl (C=O) groups is 1. The van der Waals surface area contributed by atoms with Crippen LogP contribution in [0.3, 0.4) is 0 Å². The average molecular weight is 416 g/mol. The monoisotopic (exact) mass is 415 g/mol. The molecule has 1 amide bonds. The highest BCUT2D eigenvalue weighted by molar-refractivity contribution is 8.15. The molecular formula is C20H21N3O3S2. The minimum absolute atomic E-state index is 0.00957. The number of nitrogens with zero attached hydrogens (tertiary/aromatic N) is 1. The van der Waals surface area contributed by atoms with E-state index in [1.165, 1.54) is 11.8 Å². The summed E-state index contributed by atoms with van der Waals surface area (Å²) in [5.74, 6) is 0.158. The lowest BCUT2D eigenvalue weighted by molar-refractivity contribution is 0.102. The normalized spacial score (nSPS) is 22.4. The first-order valence-corrected chi connectivity index (χ1v) is 11.7. The molecule has 2 aromatic carbocycles. The van der Waals surface area contributed by atoms with Gasteiger partial charge in [-0.3, -0.25) is 9.79 Å². The minimum Gasteiger partial charge on any atom is -0.335 e. The Labute approximate surface area is 168 Å². The van der Waals surface area contributed by atoms with Crippen molar-refractivity contribution in [1.82, 2.24) is 0 Å². The molecule has 1 saturated heterocycles. The van der Waals surface area contributed by atoms with Crippen molar-refractivity contribution in [3.8, 4) is 0 Å². The summed E-state index contributed by atoms with van der Waals surface area (Å²) in [6, 6.07) is 12.9. The molecule has 2 aliphatic rings. The van der Waals surface area contributed by atoms with Gasteiger partial charge in [-0.15, -0.1) is 0 Å². The van der Waals surface area contributed by atoms with Gasteiger partial charge in [-0.2, -0.15) is 0 Å². The zero-order valence-corrected chi connectivity index (χ0v) is 17.2. The lowest BCUT2D eigenvalue weighted by Crippen LogP contribution is -2.13. The van der Waals surface area contributed by atoms with E-state index in [2.05, 4.69) is 21.7 Å². The molecule has 0 bridgehead atoms. The maximum Gasteiger partial charge on any atom is 0.255 e. The summed E-state index contributed by atoms with van der Waals surface area (Å²) in [5.41, 5.74) is 4.36. The first-order valence-electron chi connectivity index (χ1n) is 8.99. The van der Waals surface area contributed by atoms with Crippen molar-refractivity contribution in [2.75, 3.05) is 22.1 Å². The van der Waals surface area contributed by atoms with Crippen LogP contribution >= 0.6 is 11.8 Å². The van der Waals surface area contributed by atoms with Gasteiger partial charge in [-0.05, 0) is 61.4 Å². The van der Waals surface area contributed by atoms with E-state index in [1.54, 1.807) is 12.1 Å². The van der Waals surface area contributed by atoms with Crippen molar-refractivity contribution < 1.29 is 13.2 Å². The molecule has 2 N–H and O–H groups in total. The number of aliphatic imine (C=N–C) groups is 1. The van der Waals surface area contributed by atoms with Crippen molar-refractivity contribution in [2.45, 2.75) is 25.1 Å². The van der Waals surface area contributed by atoms with Crippen molar-refractivity contribution in [3.63, 3.8) is 0 Å². The highest BCUT2D eigenvalue weighted by atomic mass is 32.2. The fourth-order valence-corrected chi connectivity index (χ4v) is 7.17. The molecule has 2 aromatic rings.